The van der Waals surface area contributed by atoms with Crippen molar-refractivity contribution >= 4 is 17.1 Å². The molecule has 4 nitrogen and oxygen atoms in total. The molecule has 4 heteroatoms. The molecular formula is C31H31N3O. The Labute approximate surface area is 208 Å². The summed E-state index contributed by atoms with van der Waals surface area (Å²) in [5.74, 6) is 0.856. The number of anilines is 1. The first kappa shape index (κ1) is 24.0. The van der Waals surface area contributed by atoms with Crippen LogP contribution in [0.3, 0.4) is 0 Å². The normalized spacial score (nSPS) is 11.9. The molecule has 0 aliphatic carbocycles. The maximum atomic E-state index is 5.30. The van der Waals surface area contributed by atoms with E-state index < -0.39 is 0 Å². The molecule has 0 aliphatic rings. The molecule has 4 aromatic carbocycles. The van der Waals surface area contributed by atoms with E-state index in [1.165, 1.54) is 16.7 Å². The van der Waals surface area contributed by atoms with Crippen molar-refractivity contribution in [3.63, 3.8) is 0 Å². The largest absolute Gasteiger partial charge is 0.497 e. The minimum absolute atomic E-state index is 0.631. The van der Waals surface area contributed by atoms with Crippen LogP contribution in [0, 0.1) is 6.92 Å². The van der Waals surface area contributed by atoms with Crippen LogP contribution in [0.1, 0.15) is 36.1 Å². The number of nitrogens with one attached hydrogen (secondary N) is 1. The maximum absolute atomic E-state index is 5.30. The van der Waals surface area contributed by atoms with E-state index >= 15 is 0 Å². The molecule has 0 bridgehead atoms. The van der Waals surface area contributed by atoms with Crippen molar-refractivity contribution in [3.05, 3.63) is 119 Å². The topological polar surface area (TPSA) is 46.0 Å². The van der Waals surface area contributed by atoms with E-state index in [2.05, 4.69) is 91.1 Å². The highest BCUT2D eigenvalue weighted by atomic mass is 16.5. The smallest absolute Gasteiger partial charge is 0.119 e. The molecule has 0 unspecified atom stereocenters. The zero-order valence-corrected chi connectivity index (χ0v) is 20.7. The van der Waals surface area contributed by atoms with E-state index in [-0.39, 0.29) is 0 Å². The molecule has 0 aliphatic heterocycles. The van der Waals surface area contributed by atoms with E-state index in [4.69, 9.17) is 9.73 Å². The van der Waals surface area contributed by atoms with Crippen LogP contribution in [-0.4, -0.2) is 18.5 Å². The Morgan fingerprint density at radius 1 is 0.743 bits per heavy atom. The van der Waals surface area contributed by atoms with E-state index in [9.17, 15) is 0 Å². The van der Waals surface area contributed by atoms with Gasteiger partial charge in [0.15, 0.2) is 0 Å². The number of hydrogen-bond donors (Lipinski definition) is 1. The Balaban J connectivity index is 1.41. The highest BCUT2D eigenvalue weighted by Crippen LogP contribution is 2.22. The predicted molar refractivity (Wildman–Crippen MR) is 148 cm³/mol. The lowest BCUT2D eigenvalue weighted by molar-refractivity contribution is 0.414. The summed E-state index contributed by atoms with van der Waals surface area (Å²) in [6, 6.07) is 33.3. The van der Waals surface area contributed by atoms with E-state index in [1.54, 1.807) is 7.11 Å². The average molecular weight is 462 g/mol. The van der Waals surface area contributed by atoms with E-state index in [0.29, 0.717) is 6.54 Å². The quantitative estimate of drug-likeness (QED) is 0.218. The fourth-order valence-electron chi connectivity index (χ4n) is 3.81. The molecular weight excluding hydrogens is 430 g/mol. The second-order valence-electron chi connectivity index (χ2n) is 8.59. The Hall–Kier alpha value is -4.18. The van der Waals surface area contributed by atoms with Crippen molar-refractivity contribution in [3.8, 4) is 16.9 Å². The van der Waals surface area contributed by atoms with Gasteiger partial charge in [-0.3, -0.25) is 10.4 Å². The molecule has 0 saturated heterocycles. The van der Waals surface area contributed by atoms with Crippen LogP contribution in [0.15, 0.2) is 107 Å². The molecule has 0 saturated carbocycles. The summed E-state index contributed by atoms with van der Waals surface area (Å²) < 4.78 is 5.30. The summed E-state index contributed by atoms with van der Waals surface area (Å²) in [5.41, 5.74) is 13.0. The van der Waals surface area contributed by atoms with Crippen LogP contribution in [0.25, 0.3) is 11.1 Å². The lowest BCUT2D eigenvalue weighted by Crippen LogP contribution is -2.00. The van der Waals surface area contributed by atoms with Crippen LogP contribution in [0.4, 0.5) is 5.69 Å². The number of rotatable bonds is 8. The van der Waals surface area contributed by atoms with Crippen LogP contribution >= 0.6 is 0 Å². The fourth-order valence-corrected chi connectivity index (χ4v) is 3.81. The Morgan fingerprint density at radius 3 is 2.00 bits per heavy atom. The molecule has 0 spiro atoms. The minimum Gasteiger partial charge on any atom is -0.497 e. The molecule has 4 aromatic rings. The second kappa shape index (κ2) is 11.3. The van der Waals surface area contributed by atoms with Gasteiger partial charge in [0.05, 0.1) is 25.1 Å². The first-order chi connectivity index (χ1) is 17.0. The maximum Gasteiger partial charge on any atom is 0.119 e. The monoisotopic (exact) mass is 461 g/mol. The van der Waals surface area contributed by atoms with Crippen LogP contribution in [0.2, 0.25) is 0 Å². The van der Waals surface area contributed by atoms with Gasteiger partial charge in [-0.2, -0.15) is 5.10 Å². The second-order valence-corrected chi connectivity index (χ2v) is 8.59. The van der Waals surface area contributed by atoms with Crippen molar-refractivity contribution in [1.29, 1.82) is 0 Å². The van der Waals surface area contributed by atoms with Crippen molar-refractivity contribution in [2.45, 2.75) is 27.3 Å². The summed E-state index contributed by atoms with van der Waals surface area (Å²) in [6.45, 7) is 6.77. The molecule has 0 radical (unpaired) electrons. The van der Waals surface area contributed by atoms with Crippen LogP contribution in [0.5, 0.6) is 5.75 Å². The standard InChI is InChI=1S/C31H31N3O/c1-22-7-5-9-30(19-22)34-33-24(3)27-13-17-29(18-14-27)28-15-11-26(12-16-28)23(2)32-21-25-8-6-10-31(20-25)35-4/h5-20,34H,21H2,1-4H3/b32-23?,33-24+. The van der Waals surface area contributed by atoms with E-state index in [1.807, 2.05) is 37.3 Å². The molecule has 0 amide bonds. The van der Waals surface area contributed by atoms with Gasteiger partial charge in [0.1, 0.15) is 5.75 Å². The van der Waals surface area contributed by atoms with Gasteiger partial charge in [-0.15, -0.1) is 0 Å². The van der Waals surface area contributed by atoms with Gasteiger partial charge in [-0.1, -0.05) is 72.8 Å². The average Bonchev–Trinajstić information content (AvgIpc) is 2.90. The summed E-state index contributed by atoms with van der Waals surface area (Å²) in [5, 5.41) is 4.53. The molecule has 176 valence electrons. The number of aliphatic imine (C=N–C) groups is 1. The summed E-state index contributed by atoms with van der Waals surface area (Å²) in [4.78, 5) is 4.76. The van der Waals surface area contributed by atoms with Gasteiger partial charge >= 0.3 is 0 Å². The number of methoxy groups -OCH3 is 1. The van der Waals surface area contributed by atoms with Gasteiger partial charge in [0, 0.05) is 5.71 Å². The SMILES string of the molecule is COc1cccc(CN=C(C)c2ccc(-c3ccc(/C(C)=N/Nc4cccc(C)c4)cc3)cc2)c1. The van der Waals surface area contributed by atoms with Gasteiger partial charge in [0.25, 0.3) is 0 Å². The fraction of sp³-hybridized carbons (Fsp3) is 0.161. The van der Waals surface area contributed by atoms with Gasteiger partial charge in [-0.05, 0) is 78.4 Å². The highest BCUT2D eigenvalue weighted by Gasteiger charge is 2.03. The van der Waals surface area contributed by atoms with Gasteiger partial charge in [-0.25, -0.2) is 0 Å². The first-order valence-electron chi connectivity index (χ1n) is 11.7. The summed E-state index contributed by atoms with van der Waals surface area (Å²) in [6.07, 6.45) is 0. The number of nitrogens with zero attached hydrogens (tertiary/aromatic N) is 2. The van der Waals surface area contributed by atoms with Crippen LogP contribution < -0.4 is 10.2 Å². The third-order valence-electron chi connectivity index (χ3n) is 5.94. The zero-order chi connectivity index (χ0) is 24.6. The summed E-state index contributed by atoms with van der Waals surface area (Å²) in [7, 11) is 1.68. The summed E-state index contributed by atoms with van der Waals surface area (Å²) >= 11 is 0. The molecule has 1 N–H and O–H groups in total. The van der Waals surface area contributed by atoms with Gasteiger partial charge in [0.2, 0.25) is 0 Å². The zero-order valence-electron chi connectivity index (χ0n) is 20.7. The van der Waals surface area contributed by atoms with Crippen molar-refractivity contribution in [1.82, 2.24) is 0 Å². The Kier molecular flexibility index (Phi) is 7.74. The number of aryl methyl sites for hydroxylation is 1. The molecule has 35 heavy (non-hydrogen) atoms. The third kappa shape index (κ3) is 6.45. The Bertz CT molecular complexity index is 1340. The molecule has 0 fully saturated rings. The molecule has 0 aromatic heterocycles. The molecule has 0 heterocycles. The minimum atomic E-state index is 0.631. The van der Waals surface area contributed by atoms with E-state index in [0.717, 1.165) is 39.6 Å². The predicted octanol–water partition coefficient (Wildman–Crippen LogP) is 7.52. The number of benzene rings is 4. The molecule has 0 atom stereocenters. The van der Waals surface area contributed by atoms with Gasteiger partial charge < -0.3 is 4.74 Å². The Morgan fingerprint density at radius 2 is 1.37 bits per heavy atom. The van der Waals surface area contributed by atoms with Crippen molar-refractivity contribution in [2.24, 2.45) is 10.1 Å². The first-order valence-corrected chi connectivity index (χ1v) is 11.7. The molecule has 4 rings (SSSR count). The van der Waals surface area contributed by atoms with Crippen LogP contribution in [-0.2, 0) is 6.54 Å². The van der Waals surface area contributed by atoms with Crippen molar-refractivity contribution in [2.75, 3.05) is 12.5 Å². The number of hydrazone groups is 1. The third-order valence-corrected chi connectivity index (χ3v) is 5.94. The highest BCUT2D eigenvalue weighted by molar-refractivity contribution is 6.00. The van der Waals surface area contributed by atoms with Crippen molar-refractivity contribution < 1.29 is 4.74 Å². The number of hydrogen-bond acceptors (Lipinski definition) is 4. The lowest BCUT2D eigenvalue weighted by Gasteiger charge is -2.08. The number of ether oxygens (including phenoxy) is 1. The lowest BCUT2D eigenvalue weighted by atomic mass is 10.0.